The average Bonchev–Trinajstić information content (AvgIpc) is 2.91. The third-order valence-corrected chi connectivity index (χ3v) is 5.82. The van der Waals surface area contributed by atoms with Gasteiger partial charge in [0.1, 0.15) is 16.7 Å². The Labute approximate surface area is 169 Å². The van der Waals surface area contributed by atoms with E-state index in [4.69, 9.17) is 15.2 Å². The molecule has 2 N–H and O–H groups in total. The van der Waals surface area contributed by atoms with Crippen LogP contribution >= 0.6 is 0 Å². The van der Waals surface area contributed by atoms with Crippen LogP contribution in [0.1, 0.15) is 44.6 Å². The normalized spacial score (nSPS) is 23.3. The number of carbonyl (C=O) groups excluding carboxylic acids is 3. The Morgan fingerprint density at radius 2 is 2.03 bits per heavy atom. The first-order valence-corrected chi connectivity index (χ1v) is 9.94. The number of ether oxygens (including phenoxy) is 2. The van der Waals surface area contributed by atoms with Crippen molar-refractivity contribution in [3.05, 3.63) is 52.6 Å². The first kappa shape index (κ1) is 19.2. The summed E-state index contributed by atoms with van der Waals surface area (Å²) < 4.78 is 11.2. The Morgan fingerprint density at radius 3 is 2.79 bits per heavy atom. The number of nitrogens with zero attached hydrogens (tertiary/aromatic N) is 1. The molecule has 3 aliphatic rings. The van der Waals surface area contributed by atoms with Crippen LogP contribution in [0, 0.1) is 0 Å². The van der Waals surface area contributed by atoms with Gasteiger partial charge >= 0.3 is 5.97 Å². The molecule has 1 unspecified atom stereocenters. The van der Waals surface area contributed by atoms with E-state index < -0.39 is 17.3 Å². The third-order valence-electron chi connectivity index (χ3n) is 5.82. The minimum absolute atomic E-state index is 0.0931. The van der Waals surface area contributed by atoms with E-state index in [0.29, 0.717) is 42.7 Å². The number of hydrogen-bond donors (Lipinski definition) is 1. The van der Waals surface area contributed by atoms with Gasteiger partial charge in [-0.2, -0.15) is 0 Å². The van der Waals surface area contributed by atoms with Crippen molar-refractivity contribution >= 4 is 23.3 Å². The maximum absolute atomic E-state index is 13.7. The van der Waals surface area contributed by atoms with E-state index in [9.17, 15) is 14.4 Å². The summed E-state index contributed by atoms with van der Waals surface area (Å²) in [5.41, 5.74) is 5.90. The van der Waals surface area contributed by atoms with Crippen molar-refractivity contribution in [3.8, 4) is 0 Å². The number of esters is 1. The van der Waals surface area contributed by atoms with Crippen molar-refractivity contribution in [1.29, 1.82) is 0 Å². The van der Waals surface area contributed by atoms with Gasteiger partial charge in [-0.1, -0.05) is 31.5 Å². The molecule has 0 fully saturated rings. The molecule has 0 bridgehead atoms. The fraction of sp³-hybridized carbons (Fsp3) is 0.409. The van der Waals surface area contributed by atoms with E-state index in [1.165, 1.54) is 4.90 Å². The molecule has 0 aromatic heterocycles. The summed E-state index contributed by atoms with van der Waals surface area (Å²) >= 11 is 0. The van der Waals surface area contributed by atoms with Gasteiger partial charge < -0.3 is 20.1 Å². The number of carbonyl (C=O) groups is 3. The number of likely N-dealkylation sites (N-methyl/N-ethyl adjacent to an activating group) is 1. The van der Waals surface area contributed by atoms with Gasteiger partial charge in [-0.25, -0.2) is 4.79 Å². The molecule has 0 saturated heterocycles. The molecular weight excluding hydrogens is 372 g/mol. The average molecular weight is 396 g/mol. The Kier molecular flexibility index (Phi) is 4.68. The van der Waals surface area contributed by atoms with E-state index in [1.54, 1.807) is 25.2 Å². The summed E-state index contributed by atoms with van der Waals surface area (Å²) in [4.78, 5) is 41.4. The largest absolute Gasteiger partial charge is 0.462 e. The third kappa shape index (κ3) is 2.60. The summed E-state index contributed by atoms with van der Waals surface area (Å²) in [6.07, 6.45) is 2.93. The molecule has 1 spiro atoms. The zero-order chi connectivity index (χ0) is 20.8. The van der Waals surface area contributed by atoms with Gasteiger partial charge in [0.05, 0.1) is 12.2 Å². The molecule has 0 saturated carbocycles. The van der Waals surface area contributed by atoms with Gasteiger partial charge in [0.2, 0.25) is 11.8 Å². The van der Waals surface area contributed by atoms with Crippen LogP contribution in [-0.4, -0.2) is 31.3 Å². The summed E-state index contributed by atoms with van der Waals surface area (Å²) in [5, 5.41) is 0. The highest BCUT2D eigenvalue weighted by molar-refractivity contribution is 6.23. The van der Waals surface area contributed by atoms with Crippen LogP contribution in [0.2, 0.25) is 0 Å². The SMILES string of the molecule is CCCCOC(=O)C1=C(N)OC2=C(C(=O)CCC2)C12C(=O)N(C)c1ccccc12. The predicted octanol–water partition coefficient (Wildman–Crippen LogP) is 2.45. The number of amides is 1. The van der Waals surface area contributed by atoms with Crippen molar-refractivity contribution in [1.82, 2.24) is 0 Å². The van der Waals surface area contributed by atoms with Crippen molar-refractivity contribution in [2.75, 3.05) is 18.6 Å². The van der Waals surface area contributed by atoms with Crippen LogP contribution in [0.3, 0.4) is 0 Å². The minimum atomic E-state index is -1.62. The first-order valence-electron chi connectivity index (χ1n) is 9.94. The zero-order valence-corrected chi connectivity index (χ0v) is 16.6. The number of nitrogens with two attached hydrogens (primary N) is 1. The maximum atomic E-state index is 13.7. The van der Waals surface area contributed by atoms with Gasteiger partial charge in [-0.15, -0.1) is 0 Å². The Balaban J connectivity index is 1.98. The second kappa shape index (κ2) is 7.06. The lowest BCUT2D eigenvalue weighted by molar-refractivity contribution is -0.141. The van der Waals surface area contributed by atoms with Gasteiger partial charge in [-0.3, -0.25) is 9.59 Å². The zero-order valence-electron chi connectivity index (χ0n) is 16.6. The van der Waals surface area contributed by atoms with Crippen LogP contribution in [0.25, 0.3) is 0 Å². The van der Waals surface area contributed by atoms with Gasteiger partial charge in [0, 0.05) is 31.1 Å². The fourth-order valence-electron chi connectivity index (χ4n) is 4.51. The van der Waals surface area contributed by atoms with Crippen LogP contribution in [0.4, 0.5) is 5.69 Å². The number of rotatable bonds is 4. The molecular formula is C22H24N2O5. The molecule has 1 atom stereocenters. The van der Waals surface area contributed by atoms with E-state index in [2.05, 4.69) is 0 Å². The predicted molar refractivity (Wildman–Crippen MR) is 106 cm³/mol. The Hall–Kier alpha value is -3.09. The van der Waals surface area contributed by atoms with Gasteiger partial charge in [0.25, 0.3) is 0 Å². The number of Topliss-reactive ketones (excluding diaryl/α,β-unsaturated/α-hetero) is 1. The molecule has 1 aliphatic carbocycles. The lowest BCUT2D eigenvalue weighted by Crippen LogP contribution is -2.50. The molecule has 7 heteroatoms. The number of anilines is 1. The van der Waals surface area contributed by atoms with Crippen LogP contribution < -0.4 is 10.6 Å². The second-order valence-corrected chi connectivity index (χ2v) is 7.54. The molecule has 7 nitrogen and oxygen atoms in total. The molecule has 1 amide bonds. The van der Waals surface area contributed by atoms with Gasteiger partial charge in [0.15, 0.2) is 5.78 Å². The highest BCUT2D eigenvalue weighted by Crippen LogP contribution is 2.55. The van der Waals surface area contributed by atoms with E-state index in [-0.39, 0.29) is 29.4 Å². The molecule has 152 valence electrons. The van der Waals surface area contributed by atoms with Crippen molar-refractivity contribution < 1.29 is 23.9 Å². The summed E-state index contributed by atoms with van der Waals surface area (Å²) in [6, 6.07) is 7.15. The Bertz CT molecular complexity index is 977. The molecule has 1 aromatic rings. The monoisotopic (exact) mass is 396 g/mol. The van der Waals surface area contributed by atoms with E-state index in [0.717, 1.165) is 6.42 Å². The number of fused-ring (bicyclic) bond motifs is 3. The highest BCUT2D eigenvalue weighted by atomic mass is 16.5. The smallest absolute Gasteiger partial charge is 0.341 e. The molecule has 0 radical (unpaired) electrons. The van der Waals surface area contributed by atoms with Crippen LogP contribution in [-0.2, 0) is 29.3 Å². The highest BCUT2D eigenvalue weighted by Gasteiger charge is 2.63. The summed E-state index contributed by atoms with van der Waals surface area (Å²) in [5.74, 6) is -1.11. The molecule has 29 heavy (non-hydrogen) atoms. The van der Waals surface area contributed by atoms with Crippen LogP contribution in [0.15, 0.2) is 47.1 Å². The number of allylic oxidation sites excluding steroid dienone is 1. The molecule has 1 aromatic carbocycles. The van der Waals surface area contributed by atoms with Crippen molar-refractivity contribution in [2.45, 2.75) is 44.4 Å². The molecule has 2 aliphatic heterocycles. The Morgan fingerprint density at radius 1 is 1.28 bits per heavy atom. The number of para-hydroxylation sites is 1. The number of unbranched alkanes of at least 4 members (excludes halogenated alkanes) is 1. The maximum Gasteiger partial charge on any atom is 0.341 e. The summed E-state index contributed by atoms with van der Waals surface area (Å²) in [7, 11) is 1.63. The number of benzene rings is 1. The second-order valence-electron chi connectivity index (χ2n) is 7.54. The standard InChI is InChI=1S/C22H24N2O5/c1-3-4-12-28-20(26)18-19(23)29-16-11-7-10-15(25)17(16)22(18)13-8-5-6-9-14(13)24(2)21(22)27/h5-6,8-9H,3-4,7,10-12,23H2,1-2H3. The lowest BCUT2D eigenvalue weighted by atomic mass is 9.64. The minimum Gasteiger partial charge on any atom is -0.462 e. The summed E-state index contributed by atoms with van der Waals surface area (Å²) in [6.45, 7) is 2.18. The van der Waals surface area contributed by atoms with Crippen molar-refractivity contribution in [3.63, 3.8) is 0 Å². The fourth-order valence-corrected chi connectivity index (χ4v) is 4.51. The first-order chi connectivity index (χ1) is 13.9. The topological polar surface area (TPSA) is 98.9 Å². The quantitative estimate of drug-likeness (QED) is 0.620. The van der Waals surface area contributed by atoms with E-state index >= 15 is 0 Å². The number of ketones is 1. The van der Waals surface area contributed by atoms with Gasteiger partial charge in [-0.05, 0) is 18.9 Å². The van der Waals surface area contributed by atoms with Crippen molar-refractivity contribution in [2.24, 2.45) is 5.73 Å². The lowest BCUT2D eigenvalue weighted by Gasteiger charge is -2.38. The molecule has 4 rings (SSSR count). The van der Waals surface area contributed by atoms with E-state index in [1.807, 2.05) is 13.0 Å². The molecule has 2 heterocycles. The number of hydrogen-bond acceptors (Lipinski definition) is 6. The van der Waals surface area contributed by atoms with Crippen LogP contribution in [0.5, 0.6) is 0 Å².